The van der Waals surface area contributed by atoms with Gasteiger partial charge in [0.05, 0.1) is 5.02 Å². The molecule has 0 unspecified atom stereocenters. The van der Waals surface area contributed by atoms with E-state index in [-0.39, 0.29) is 6.09 Å². The summed E-state index contributed by atoms with van der Waals surface area (Å²) >= 11 is 6.27. The van der Waals surface area contributed by atoms with E-state index in [0.29, 0.717) is 74.8 Å². The lowest BCUT2D eigenvalue weighted by Gasteiger charge is -2.36. The lowest BCUT2D eigenvalue weighted by molar-refractivity contribution is 0.0186. The van der Waals surface area contributed by atoms with Gasteiger partial charge in [0.15, 0.2) is 17.5 Å². The topological polar surface area (TPSA) is 89.6 Å². The second-order valence-corrected chi connectivity index (χ2v) is 8.45. The highest BCUT2D eigenvalue weighted by Crippen LogP contribution is 2.38. The third-order valence-electron chi connectivity index (χ3n) is 4.59. The summed E-state index contributed by atoms with van der Waals surface area (Å²) in [5, 5.41) is 0.549. The second kappa shape index (κ2) is 8.98. The van der Waals surface area contributed by atoms with Gasteiger partial charge in [-0.3, -0.25) is 4.99 Å². The van der Waals surface area contributed by atoms with E-state index in [4.69, 9.17) is 31.5 Å². The monoisotopic (exact) mass is 424 g/mol. The molecule has 3 rings (SSSR count). The summed E-state index contributed by atoms with van der Waals surface area (Å²) in [5.74, 6) is 1.76. The maximum absolute atomic E-state index is 12.1. The van der Waals surface area contributed by atoms with Crippen molar-refractivity contribution in [3.05, 3.63) is 22.7 Å². The Bertz CT molecular complexity index is 770. The van der Waals surface area contributed by atoms with E-state index in [0.717, 1.165) is 5.56 Å². The normalized spacial score (nSPS) is 17.3. The minimum absolute atomic E-state index is 0.289. The van der Waals surface area contributed by atoms with Gasteiger partial charge in [-0.25, -0.2) is 4.79 Å². The Kier molecular flexibility index (Phi) is 6.62. The molecule has 0 atom stereocenters. The van der Waals surface area contributed by atoms with Crippen LogP contribution in [-0.2, 0) is 11.2 Å². The smallest absolute Gasteiger partial charge is 0.410 e. The lowest BCUT2D eigenvalue weighted by atomic mass is 10.1. The molecule has 1 saturated heterocycles. The number of ether oxygens (including phenoxy) is 3. The fourth-order valence-corrected chi connectivity index (χ4v) is 3.44. The molecule has 2 aliphatic rings. The molecule has 29 heavy (non-hydrogen) atoms. The number of carbonyl (C=O) groups is 1. The van der Waals surface area contributed by atoms with Gasteiger partial charge in [-0.1, -0.05) is 11.6 Å². The Morgan fingerprint density at radius 1 is 1.17 bits per heavy atom. The fourth-order valence-electron chi connectivity index (χ4n) is 3.15. The van der Waals surface area contributed by atoms with E-state index in [1.807, 2.05) is 37.8 Å². The Hall–Kier alpha value is -2.35. The molecule has 1 aromatic carbocycles. The third-order valence-corrected chi connectivity index (χ3v) is 4.87. The van der Waals surface area contributed by atoms with Crippen molar-refractivity contribution < 1.29 is 19.0 Å². The van der Waals surface area contributed by atoms with Gasteiger partial charge >= 0.3 is 6.09 Å². The van der Waals surface area contributed by atoms with E-state index in [2.05, 4.69) is 4.99 Å². The number of piperazine rings is 1. The van der Waals surface area contributed by atoms with Gasteiger partial charge in [0.2, 0.25) is 0 Å². The molecule has 2 N–H and O–H groups in total. The van der Waals surface area contributed by atoms with Crippen molar-refractivity contribution in [2.75, 3.05) is 45.9 Å². The molecule has 1 fully saturated rings. The van der Waals surface area contributed by atoms with Crippen LogP contribution < -0.4 is 15.2 Å². The summed E-state index contributed by atoms with van der Waals surface area (Å²) in [6, 6.07) is 3.81. The molecule has 0 bridgehead atoms. The SMILES string of the molecule is CC(C)(C)OC(=O)N1CCN(C(N)=NCCc2cc(Cl)c3c(c2)OCCO3)CC1. The van der Waals surface area contributed by atoms with Gasteiger partial charge in [-0.2, -0.15) is 0 Å². The van der Waals surface area contributed by atoms with Gasteiger partial charge in [0.25, 0.3) is 0 Å². The molecule has 2 heterocycles. The number of amides is 1. The average molecular weight is 425 g/mol. The average Bonchev–Trinajstić information content (AvgIpc) is 2.67. The van der Waals surface area contributed by atoms with Crippen LogP contribution in [0.5, 0.6) is 11.5 Å². The van der Waals surface area contributed by atoms with Crippen LogP contribution >= 0.6 is 11.6 Å². The maximum Gasteiger partial charge on any atom is 0.410 e. The van der Waals surface area contributed by atoms with Crippen molar-refractivity contribution in [3.63, 3.8) is 0 Å². The number of rotatable bonds is 3. The van der Waals surface area contributed by atoms with E-state index >= 15 is 0 Å². The predicted octanol–water partition coefficient (Wildman–Crippen LogP) is 2.52. The van der Waals surface area contributed by atoms with Crippen LogP contribution in [0.4, 0.5) is 4.79 Å². The molecule has 0 aliphatic carbocycles. The number of halogens is 1. The first kappa shape index (κ1) is 21.4. The summed E-state index contributed by atoms with van der Waals surface area (Å²) in [7, 11) is 0. The van der Waals surface area contributed by atoms with Crippen molar-refractivity contribution in [2.45, 2.75) is 32.8 Å². The van der Waals surface area contributed by atoms with Crippen LogP contribution in [0, 0.1) is 0 Å². The Morgan fingerprint density at radius 3 is 2.52 bits per heavy atom. The Labute approximate surface area is 176 Å². The first-order valence-electron chi connectivity index (χ1n) is 9.84. The number of carbonyl (C=O) groups excluding carboxylic acids is 1. The summed E-state index contributed by atoms with van der Waals surface area (Å²) < 4.78 is 16.6. The number of aliphatic imine (C=N–C) groups is 1. The lowest BCUT2D eigenvalue weighted by Crippen LogP contribution is -2.53. The minimum atomic E-state index is -0.495. The first-order chi connectivity index (χ1) is 13.7. The molecule has 1 aromatic rings. The number of fused-ring (bicyclic) bond motifs is 1. The molecule has 0 saturated carbocycles. The van der Waals surface area contributed by atoms with Crippen LogP contribution in [0.15, 0.2) is 17.1 Å². The number of nitrogens with zero attached hydrogens (tertiary/aromatic N) is 3. The fraction of sp³-hybridized carbons (Fsp3) is 0.600. The third kappa shape index (κ3) is 5.82. The van der Waals surface area contributed by atoms with Crippen molar-refractivity contribution in [3.8, 4) is 11.5 Å². The highest BCUT2D eigenvalue weighted by atomic mass is 35.5. The highest BCUT2D eigenvalue weighted by Gasteiger charge is 2.26. The Morgan fingerprint density at radius 2 is 1.83 bits per heavy atom. The number of hydrogen-bond donors (Lipinski definition) is 1. The summed E-state index contributed by atoms with van der Waals surface area (Å²) in [6.07, 6.45) is 0.401. The zero-order valence-corrected chi connectivity index (χ0v) is 18.0. The van der Waals surface area contributed by atoms with Gasteiger partial charge in [-0.05, 0) is 44.9 Å². The van der Waals surface area contributed by atoms with Crippen molar-refractivity contribution in [2.24, 2.45) is 10.7 Å². The zero-order valence-electron chi connectivity index (χ0n) is 17.2. The van der Waals surface area contributed by atoms with Crippen molar-refractivity contribution >= 4 is 23.7 Å². The number of guanidine groups is 1. The largest absolute Gasteiger partial charge is 0.486 e. The summed E-state index contributed by atoms with van der Waals surface area (Å²) in [5.41, 5.74) is 6.67. The summed E-state index contributed by atoms with van der Waals surface area (Å²) in [6.45, 7) is 9.53. The maximum atomic E-state index is 12.1. The number of hydrogen-bond acceptors (Lipinski definition) is 5. The number of nitrogens with two attached hydrogens (primary N) is 1. The molecule has 8 nitrogen and oxygen atoms in total. The molecule has 2 aliphatic heterocycles. The van der Waals surface area contributed by atoms with Gasteiger partial charge in [0.1, 0.15) is 18.8 Å². The molecule has 1 amide bonds. The molecule has 160 valence electrons. The van der Waals surface area contributed by atoms with Crippen LogP contribution in [-0.4, -0.2) is 73.4 Å². The molecule has 9 heteroatoms. The van der Waals surface area contributed by atoms with Crippen molar-refractivity contribution in [1.82, 2.24) is 9.80 Å². The zero-order chi connectivity index (χ0) is 21.0. The second-order valence-electron chi connectivity index (χ2n) is 8.05. The molecule has 0 spiro atoms. The first-order valence-corrected chi connectivity index (χ1v) is 10.2. The molecular weight excluding hydrogens is 396 g/mol. The van der Waals surface area contributed by atoms with E-state index in [1.54, 1.807) is 4.90 Å². The van der Waals surface area contributed by atoms with Gasteiger partial charge in [0, 0.05) is 32.7 Å². The molecule has 0 aromatic heterocycles. The van der Waals surface area contributed by atoms with E-state index in [1.165, 1.54) is 0 Å². The quantitative estimate of drug-likeness (QED) is 0.592. The van der Waals surface area contributed by atoms with Crippen LogP contribution in [0.2, 0.25) is 5.02 Å². The molecule has 0 radical (unpaired) electrons. The van der Waals surface area contributed by atoms with Gasteiger partial charge in [-0.15, -0.1) is 0 Å². The minimum Gasteiger partial charge on any atom is -0.486 e. The summed E-state index contributed by atoms with van der Waals surface area (Å²) in [4.78, 5) is 20.3. The van der Waals surface area contributed by atoms with Gasteiger partial charge < -0.3 is 29.7 Å². The highest BCUT2D eigenvalue weighted by molar-refractivity contribution is 6.32. The number of benzene rings is 1. The molecular formula is C20H29ClN4O4. The van der Waals surface area contributed by atoms with Crippen LogP contribution in [0.3, 0.4) is 0 Å². The van der Waals surface area contributed by atoms with E-state index in [9.17, 15) is 4.79 Å². The van der Waals surface area contributed by atoms with Crippen molar-refractivity contribution in [1.29, 1.82) is 0 Å². The van der Waals surface area contributed by atoms with Crippen LogP contribution in [0.1, 0.15) is 26.3 Å². The predicted molar refractivity (Wildman–Crippen MR) is 112 cm³/mol. The van der Waals surface area contributed by atoms with Crippen LogP contribution in [0.25, 0.3) is 0 Å². The Balaban J connectivity index is 1.49. The standard InChI is InChI=1S/C20H29ClN4O4/c1-20(2,3)29-19(26)25-8-6-24(7-9-25)18(22)23-5-4-14-12-15(21)17-16(13-14)27-10-11-28-17/h12-13H,4-11H2,1-3H3,(H2,22,23). The van der Waals surface area contributed by atoms with E-state index < -0.39 is 5.60 Å².